The third-order valence-corrected chi connectivity index (χ3v) is 6.28. The van der Waals surface area contributed by atoms with Crippen LogP contribution in [0.5, 0.6) is 0 Å². The number of halogens is 1. The molecule has 6 nitrogen and oxygen atoms in total. The lowest BCUT2D eigenvalue weighted by Crippen LogP contribution is -2.30. The fourth-order valence-corrected chi connectivity index (χ4v) is 4.52. The molecule has 0 aromatic heterocycles. The summed E-state index contributed by atoms with van der Waals surface area (Å²) >= 11 is 3.33. The Labute approximate surface area is 195 Å². The lowest BCUT2D eigenvalue weighted by molar-refractivity contribution is 0.0140. The monoisotopic (exact) mass is 496 g/mol. The molecule has 0 aliphatic heterocycles. The molecule has 1 aliphatic carbocycles. The van der Waals surface area contributed by atoms with Crippen LogP contribution >= 0.6 is 15.9 Å². The average Bonchev–Trinajstić information content (AvgIpc) is 3.12. The van der Waals surface area contributed by atoms with Crippen LogP contribution in [0.15, 0.2) is 71.2 Å². The number of nitrogen functional groups attached to an aromatic ring is 1. The minimum absolute atomic E-state index is 0.0138. The molecule has 32 heavy (non-hydrogen) atoms. The molecule has 0 spiro atoms. The quantitative estimate of drug-likeness (QED) is 0.364. The molecule has 1 aliphatic rings. The number of benzene rings is 3. The highest BCUT2D eigenvalue weighted by atomic mass is 79.9. The normalized spacial score (nSPS) is 14.3. The van der Waals surface area contributed by atoms with Gasteiger partial charge >= 0.3 is 6.09 Å². The topological polar surface area (TPSA) is 105 Å². The van der Waals surface area contributed by atoms with Crippen LogP contribution in [0.4, 0.5) is 10.5 Å². The highest BCUT2D eigenvalue weighted by Gasteiger charge is 2.29. The van der Waals surface area contributed by atoms with Gasteiger partial charge < -0.3 is 26.0 Å². The number of fused-ring (bicyclic) bond motifs is 3. The van der Waals surface area contributed by atoms with Gasteiger partial charge in [0, 0.05) is 28.2 Å². The molecular weight excluding hydrogens is 472 g/mol. The van der Waals surface area contributed by atoms with E-state index in [1.165, 1.54) is 11.1 Å². The second kappa shape index (κ2) is 9.73. The summed E-state index contributed by atoms with van der Waals surface area (Å²) in [6.07, 6.45) is -2.65. The van der Waals surface area contributed by atoms with Gasteiger partial charge in [0.05, 0.1) is 6.10 Å². The predicted molar refractivity (Wildman–Crippen MR) is 127 cm³/mol. The molecule has 0 radical (unpaired) electrons. The SMILES string of the molecule is Nc1ccc(Br)cc1C(O)C(O)CCNC(=O)OCC1c2ccccc2-c2ccccc21. The Hall–Kier alpha value is -2.87. The molecule has 4 rings (SSSR count). The number of ether oxygens (including phenoxy) is 1. The molecule has 0 fully saturated rings. The molecule has 2 atom stereocenters. The van der Waals surface area contributed by atoms with E-state index in [9.17, 15) is 15.0 Å². The van der Waals surface area contributed by atoms with Gasteiger partial charge in [-0.2, -0.15) is 0 Å². The number of hydrogen-bond acceptors (Lipinski definition) is 5. The van der Waals surface area contributed by atoms with Gasteiger partial charge in [0.2, 0.25) is 0 Å². The van der Waals surface area contributed by atoms with Gasteiger partial charge in [0.25, 0.3) is 0 Å². The number of amides is 1. The number of nitrogens with one attached hydrogen (secondary N) is 1. The Kier molecular flexibility index (Phi) is 6.79. The summed E-state index contributed by atoms with van der Waals surface area (Å²) in [4.78, 5) is 12.2. The highest BCUT2D eigenvalue weighted by Crippen LogP contribution is 2.44. The Morgan fingerprint density at radius 2 is 1.66 bits per heavy atom. The zero-order chi connectivity index (χ0) is 22.7. The first-order valence-electron chi connectivity index (χ1n) is 10.5. The van der Waals surface area contributed by atoms with E-state index in [4.69, 9.17) is 10.5 Å². The number of rotatable bonds is 7. The maximum Gasteiger partial charge on any atom is 0.407 e. The second-order valence-electron chi connectivity index (χ2n) is 7.83. The van der Waals surface area contributed by atoms with E-state index >= 15 is 0 Å². The summed E-state index contributed by atoms with van der Waals surface area (Å²) < 4.78 is 6.24. The van der Waals surface area contributed by atoms with Crippen molar-refractivity contribution < 1.29 is 19.7 Å². The molecule has 7 heteroatoms. The van der Waals surface area contributed by atoms with E-state index in [-0.39, 0.29) is 25.5 Å². The van der Waals surface area contributed by atoms with E-state index in [0.717, 1.165) is 15.6 Å². The molecule has 0 bridgehead atoms. The van der Waals surface area contributed by atoms with Gasteiger partial charge in [0.15, 0.2) is 0 Å². The molecule has 2 unspecified atom stereocenters. The minimum Gasteiger partial charge on any atom is -0.449 e. The maximum absolute atomic E-state index is 12.2. The van der Waals surface area contributed by atoms with Crippen molar-refractivity contribution in [1.29, 1.82) is 0 Å². The minimum atomic E-state index is -1.16. The number of carbonyl (C=O) groups is 1. The van der Waals surface area contributed by atoms with Crippen LogP contribution in [0.1, 0.15) is 35.1 Å². The van der Waals surface area contributed by atoms with Crippen molar-refractivity contribution in [2.24, 2.45) is 0 Å². The number of carbonyl (C=O) groups excluding carboxylic acids is 1. The highest BCUT2D eigenvalue weighted by molar-refractivity contribution is 9.10. The van der Waals surface area contributed by atoms with Crippen LogP contribution in [0.2, 0.25) is 0 Å². The van der Waals surface area contributed by atoms with Crippen LogP contribution in [0.3, 0.4) is 0 Å². The summed E-state index contributed by atoms with van der Waals surface area (Å²) in [5, 5.41) is 23.4. The smallest absolute Gasteiger partial charge is 0.407 e. The van der Waals surface area contributed by atoms with Gasteiger partial charge in [-0.3, -0.25) is 0 Å². The van der Waals surface area contributed by atoms with Crippen molar-refractivity contribution in [2.75, 3.05) is 18.9 Å². The van der Waals surface area contributed by atoms with Gasteiger partial charge in [-0.25, -0.2) is 4.79 Å². The van der Waals surface area contributed by atoms with Crippen LogP contribution < -0.4 is 11.1 Å². The Bertz CT molecular complexity index is 1080. The van der Waals surface area contributed by atoms with Crippen LogP contribution in [-0.4, -0.2) is 35.6 Å². The Balaban J connectivity index is 1.29. The molecule has 0 saturated heterocycles. The molecule has 3 aromatic carbocycles. The number of aliphatic hydroxyl groups is 2. The van der Waals surface area contributed by atoms with E-state index in [2.05, 4.69) is 45.5 Å². The molecule has 5 N–H and O–H groups in total. The van der Waals surface area contributed by atoms with Gasteiger partial charge in [0.1, 0.15) is 12.7 Å². The Morgan fingerprint density at radius 1 is 1.03 bits per heavy atom. The fourth-order valence-electron chi connectivity index (χ4n) is 4.14. The Morgan fingerprint density at radius 3 is 2.31 bits per heavy atom. The summed E-state index contributed by atoms with van der Waals surface area (Å²) in [6, 6.07) is 21.4. The van der Waals surface area contributed by atoms with Gasteiger partial charge in [-0.15, -0.1) is 0 Å². The van der Waals surface area contributed by atoms with Crippen molar-refractivity contribution >= 4 is 27.7 Å². The standard InChI is InChI=1S/C25H25BrN2O4/c26-15-9-10-22(27)20(13-15)24(30)23(29)11-12-28-25(31)32-14-21-18-7-3-1-5-16(18)17-6-2-4-8-19(17)21/h1-10,13,21,23-24,29-30H,11-12,14,27H2,(H,28,31). The zero-order valence-corrected chi connectivity index (χ0v) is 19.0. The second-order valence-corrected chi connectivity index (χ2v) is 8.74. The van der Waals surface area contributed by atoms with Gasteiger partial charge in [-0.1, -0.05) is 64.5 Å². The van der Waals surface area contributed by atoms with Crippen molar-refractivity contribution in [3.8, 4) is 11.1 Å². The zero-order valence-electron chi connectivity index (χ0n) is 17.4. The third kappa shape index (κ3) is 4.65. The molecule has 3 aromatic rings. The number of nitrogens with two attached hydrogens (primary N) is 1. The van der Waals surface area contributed by atoms with E-state index in [0.29, 0.717) is 11.3 Å². The average molecular weight is 497 g/mol. The maximum atomic E-state index is 12.2. The number of aliphatic hydroxyl groups excluding tert-OH is 2. The first-order valence-corrected chi connectivity index (χ1v) is 11.2. The molecule has 0 saturated carbocycles. The lowest BCUT2D eigenvalue weighted by atomic mass is 9.98. The molecule has 1 amide bonds. The van der Waals surface area contributed by atoms with Crippen LogP contribution in [0.25, 0.3) is 11.1 Å². The molecule has 0 heterocycles. The van der Waals surface area contributed by atoms with Crippen LogP contribution in [0, 0.1) is 0 Å². The molecule has 166 valence electrons. The predicted octanol–water partition coefficient (Wildman–Crippen LogP) is 4.35. The summed E-state index contributed by atoms with van der Waals surface area (Å²) in [5.41, 5.74) is 11.3. The number of hydrogen-bond donors (Lipinski definition) is 4. The van der Waals surface area contributed by atoms with Gasteiger partial charge in [-0.05, 0) is 46.9 Å². The van der Waals surface area contributed by atoms with Crippen molar-refractivity contribution in [1.82, 2.24) is 5.32 Å². The first kappa shape index (κ1) is 22.3. The third-order valence-electron chi connectivity index (χ3n) is 5.79. The van der Waals surface area contributed by atoms with E-state index in [1.54, 1.807) is 18.2 Å². The summed E-state index contributed by atoms with van der Waals surface area (Å²) in [5.74, 6) is -0.0138. The lowest BCUT2D eigenvalue weighted by Gasteiger charge is -2.20. The van der Waals surface area contributed by atoms with Crippen molar-refractivity contribution in [3.05, 3.63) is 87.9 Å². The first-order chi connectivity index (χ1) is 15.5. The van der Waals surface area contributed by atoms with E-state index < -0.39 is 18.3 Å². The largest absolute Gasteiger partial charge is 0.449 e. The van der Waals surface area contributed by atoms with Crippen molar-refractivity contribution in [3.63, 3.8) is 0 Å². The van der Waals surface area contributed by atoms with E-state index in [1.807, 2.05) is 24.3 Å². The number of anilines is 1. The number of alkyl carbamates (subject to hydrolysis) is 1. The summed E-state index contributed by atoms with van der Waals surface area (Å²) in [7, 11) is 0. The van der Waals surface area contributed by atoms with Crippen molar-refractivity contribution in [2.45, 2.75) is 24.5 Å². The fraction of sp³-hybridized carbons (Fsp3) is 0.240. The van der Waals surface area contributed by atoms with Crippen LogP contribution in [-0.2, 0) is 4.74 Å². The molecular formula is C25H25BrN2O4. The summed E-state index contributed by atoms with van der Waals surface area (Å²) in [6.45, 7) is 0.377.